The largest absolute Gasteiger partial charge is 0.350 e. The number of primary sulfonamides is 1. The van der Waals surface area contributed by atoms with Crippen LogP contribution < -0.4 is 10.5 Å². The zero-order valence-electron chi connectivity index (χ0n) is 15.3. The van der Waals surface area contributed by atoms with Gasteiger partial charge in [0.05, 0.1) is 10.6 Å². The number of aromatic nitrogens is 2. The van der Waals surface area contributed by atoms with Gasteiger partial charge in [-0.3, -0.25) is 9.20 Å². The van der Waals surface area contributed by atoms with Crippen molar-refractivity contribution in [2.24, 2.45) is 5.14 Å². The third-order valence-corrected chi connectivity index (χ3v) is 5.28. The van der Waals surface area contributed by atoms with Gasteiger partial charge in [-0.1, -0.05) is 19.1 Å². The smallest absolute Gasteiger partial charge is 0.270 e. The number of sulfonamides is 1. The number of nitrogens with two attached hydrogens (primary N) is 1. The number of nitrogens with one attached hydrogen (secondary N) is 1. The van der Waals surface area contributed by atoms with E-state index in [0.29, 0.717) is 25.1 Å². The molecule has 0 aliphatic heterocycles. The quantitative estimate of drug-likeness (QED) is 0.674. The molecule has 0 atom stereocenters. The van der Waals surface area contributed by atoms with Gasteiger partial charge in [0.15, 0.2) is 0 Å². The Bertz CT molecular complexity index is 1090. The second kappa shape index (κ2) is 7.50. The van der Waals surface area contributed by atoms with Gasteiger partial charge in [-0.15, -0.1) is 0 Å². The summed E-state index contributed by atoms with van der Waals surface area (Å²) in [5, 5.41) is 8.01. The lowest BCUT2D eigenvalue weighted by Gasteiger charge is -2.07. The molecule has 2 heterocycles. The average Bonchev–Trinajstić information content (AvgIpc) is 2.99. The minimum atomic E-state index is -3.69. The first-order chi connectivity index (χ1) is 12.8. The number of aryl methyl sites for hydroxylation is 2. The fraction of sp³-hybridized carbons (Fsp3) is 0.263. The van der Waals surface area contributed by atoms with E-state index in [-0.39, 0.29) is 10.8 Å². The van der Waals surface area contributed by atoms with Gasteiger partial charge in [0.2, 0.25) is 10.0 Å². The summed E-state index contributed by atoms with van der Waals surface area (Å²) in [5.41, 5.74) is 4.07. The van der Waals surface area contributed by atoms with Crippen molar-refractivity contribution >= 4 is 21.6 Å². The van der Waals surface area contributed by atoms with Crippen LogP contribution in [0.2, 0.25) is 0 Å². The Labute approximate surface area is 158 Å². The first-order valence-corrected chi connectivity index (χ1v) is 10.2. The highest BCUT2D eigenvalue weighted by Crippen LogP contribution is 2.15. The average molecular weight is 386 g/mol. The normalized spacial score (nSPS) is 11.7. The third-order valence-electron chi connectivity index (χ3n) is 4.35. The maximum absolute atomic E-state index is 12.7. The lowest BCUT2D eigenvalue weighted by Crippen LogP contribution is -2.27. The predicted molar refractivity (Wildman–Crippen MR) is 103 cm³/mol. The molecule has 3 aromatic rings. The monoisotopic (exact) mass is 386 g/mol. The molecule has 2 aromatic heterocycles. The summed E-state index contributed by atoms with van der Waals surface area (Å²) in [6.45, 7) is 4.38. The number of hydrogen-bond acceptors (Lipinski definition) is 4. The maximum Gasteiger partial charge on any atom is 0.270 e. The second-order valence-corrected chi connectivity index (χ2v) is 7.95. The zero-order chi connectivity index (χ0) is 19.6. The fourth-order valence-corrected chi connectivity index (χ4v) is 3.45. The van der Waals surface area contributed by atoms with Crippen LogP contribution in [0.4, 0.5) is 0 Å². The number of carbonyl (C=O) groups is 1. The molecule has 142 valence electrons. The molecule has 7 nitrogen and oxygen atoms in total. The molecule has 1 amide bonds. The van der Waals surface area contributed by atoms with E-state index in [1.807, 2.05) is 36.6 Å². The van der Waals surface area contributed by atoms with Crippen molar-refractivity contribution in [1.29, 1.82) is 0 Å². The first kappa shape index (κ1) is 19.1. The van der Waals surface area contributed by atoms with Crippen LogP contribution in [0.1, 0.15) is 34.2 Å². The number of fused-ring (bicyclic) bond motifs is 1. The molecule has 27 heavy (non-hydrogen) atoms. The molecule has 0 unspecified atom stereocenters. The van der Waals surface area contributed by atoms with Crippen molar-refractivity contribution in [2.45, 2.75) is 31.6 Å². The van der Waals surface area contributed by atoms with Gasteiger partial charge >= 0.3 is 0 Å². The number of amides is 1. The molecule has 0 fully saturated rings. The Hall–Kier alpha value is -2.71. The molecule has 1 aromatic carbocycles. The van der Waals surface area contributed by atoms with E-state index < -0.39 is 10.0 Å². The van der Waals surface area contributed by atoms with E-state index in [0.717, 1.165) is 22.5 Å². The Kier molecular flexibility index (Phi) is 5.29. The minimum absolute atomic E-state index is 0.0731. The van der Waals surface area contributed by atoms with Crippen molar-refractivity contribution in [1.82, 2.24) is 14.7 Å². The van der Waals surface area contributed by atoms with Crippen molar-refractivity contribution in [3.05, 3.63) is 65.1 Å². The van der Waals surface area contributed by atoms with E-state index >= 15 is 0 Å². The van der Waals surface area contributed by atoms with Crippen LogP contribution in [-0.2, 0) is 22.9 Å². The van der Waals surface area contributed by atoms with Gasteiger partial charge in [0, 0.05) is 12.7 Å². The summed E-state index contributed by atoms with van der Waals surface area (Å²) in [6, 6.07) is 10.2. The Morgan fingerprint density at radius 3 is 2.56 bits per heavy atom. The van der Waals surface area contributed by atoms with Crippen LogP contribution in [0.3, 0.4) is 0 Å². The number of imidazole rings is 1. The van der Waals surface area contributed by atoms with Gasteiger partial charge in [-0.2, -0.15) is 0 Å². The Morgan fingerprint density at radius 2 is 1.93 bits per heavy atom. The molecule has 0 aliphatic carbocycles. The topological polar surface area (TPSA) is 107 Å². The summed E-state index contributed by atoms with van der Waals surface area (Å²) >= 11 is 0. The van der Waals surface area contributed by atoms with Gasteiger partial charge in [-0.05, 0) is 55.2 Å². The number of rotatable bonds is 6. The number of benzene rings is 1. The van der Waals surface area contributed by atoms with E-state index in [1.54, 1.807) is 12.1 Å². The summed E-state index contributed by atoms with van der Waals surface area (Å²) in [4.78, 5) is 17.3. The molecule has 0 aliphatic rings. The van der Waals surface area contributed by atoms with Crippen molar-refractivity contribution < 1.29 is 13.2 Å². The second-order valence-electron chi connectivity index (χ2n) is 6.39. The van der Waals surface area contributed by atoms with Crippen LogP contribution in [-0.4, -0.2) is 30.3 Å². The molecule has 0 saturated heterocycles. The lowest BCUT2D eigenvalue weighted by molar-refractivity contribution is 0.0947. The maximum atomic E-state index is 12.7. The minimum Gasteiger partial charge on any atom is -0.350 e. The molecular weight excluding hydrogens is 364 g/mol. The first-order valence-electron chi connectivity index (χ1n) is 8.67. The predicted octanol–water partition coefficient (Wildman–Crippen LogP) is 1.83. The molecule has 0 radical (unpaired) electrons. The van der Waals surface area contributed by atoms with E-state index in [4.69, 9.17) is 5.14 Å². The van der Waals surface area contributed by atoms with Gasteiger partial charge < -0.3 is 5.32 Å². The van der Waals surface area contributed by atoms with Gasteiger partial charge in [0.25, 0.3) is 5.91 Å². The summed E-state index contributed by atoms with van der Waals surface area (Å²) < 4.78 is 24.4. The van der Waals surface area contributed by atoms with Crippen LogP contribution in [0.25, 0.3) is 5.65 Å². The number of hydrogen-bond donors (Lipinski definition) is 2. The van der Waals surface area contributed by atoms with Crippen LogP contribution in [0, 0.1) is 6.92 Å². The molecule has 3 N–H and O–H groups in total. The van der Waals surface area contributed by atoms with Crippen LogP contribution in [0.5, 0.6) is 0 Å². The highest BCUT2D eigenvalue weighted by atomic mass is 32.2. The molecule has 0 saturated carbocycles. The molecule has 0 bridgehead atoms. The standard InChI is InChI=1S/C19H22N4O3S/c1-3-16-18(23-11-9-13(2)12-17(23)22-16)19(24)21-10-8-14-4-6-15(7-5-14)27(20,25)26/h4-7,9,11-12H,3,8,10H2,1-2H3,(H,21,24)(H2,20,25,26). The lowest BCUT2D eigenvalue weighted by atomic mass is 10.1. The number of carbonyl (C=O) groups excluding carboxylic acids is 1. The SMILES string of the molecule is CCc1nc2cc(C)ccn2c1C(=O)NCCc1ccc(S(N)(=O)=O)cc1. The molecule has 8 heteroatoms. The number of pyridine rings is 1. The van der Waals surface area contributed by atoms with E-state index in [1.165, 1.54) is 12.1 Å². The van der Waals surface area contributed by atoms with Crippen molar-refractivity contribution in [2.75, 3.05) is 6.54 Å². The molecule has 3 rings (SSSR count). The highest BCUT2D eigenvalue weighted by Gasteiger charge is 2.17. The van der Waals surface area contributed by atoms with Crippen LogP contribution >= 0.6 is 0 Å². The fourth-order valence-electron chi connectivity index (χ4n) is 2.93. The highest BCUT2D eigenvalue weighted by molar-refractivity contribution is 7.89. The number of nitrogens with zero attached hydrogens (tertiary/aromatic N) is 2. The third kappa shape index (κ3) is 4.17. The molecular formula is C19H22N4O3S. The Morgan fingerprint density at radius 1 is 1.22 bits per heavy atom. The van der Waals surface area contributed by atoms with Crippen molar-refractivity contribution in [3.63, 3.8) is 0 Å². The van der Waals surface area contributed by atoms with Crippen LogP contribution in [0.15, 0.2) is 47.5 Å². The van der Waals surface area contributed by atoms with Gasteiger partial charge in [0.1, 0.15) is 11.3 Å². The van der Waals surface area contributed by atoms with E-state index in [9.17, 15) is 13.2 Å². The summed E-state index contributed by atoms with van der Waals surface area (Å²) in [6.07, 6.45) is 3.10. The van der Waals surface area contributed by atoms with E-state index in [2.05, 4.69) is 10.3 Å². The zero-order valence-corrected chi connectivity index (χ0v) is 16.1. The van der Waals surface area contributed by atoms with Gasteiger partial charge in [-0.25, -0.2) is 18.5 Å². The summed E-state index contributed by atoms with van der Waals surface area (Å²) in [7, 11) is -3.69. The van der Waals surface area contributed by atoms with Crippen molar-refractivity contribution in [3.8, 4) is 0 Å². The molecule has 0 spiro atoms. The summed E-state index contributed by atoms with van der Waals surface area (Å²) in [5.74, 6) is -0.177. The Balaban J connectivity index is 1.70.